The maximum atomic E-state index is 9.55. The van der Waals surface area contributed by atoms with E-state index in [9.17, 15) is 5.11 Å². The molecule has 0 radical (unpaired) electrons. The van der Waals surface area contributed by atoms with E-state index in [1.54, 1.807) is 6.33 Å². The van der Waals surface area contributed by atoms with Gasteiger partial charge in [0.1, 0.15) is 18.0 Å². The minimum Gasteiger partial charge on any atom is -0.394 e. The predicted octanol–water partition coefficient (Wildman–Crippen LogP) is 1.83. The molecule has 1 aromatic heterocycles. The molecule has 1 spiro atoms. The smallest absolute Gasteiger partial charge is 0.134 e. The standard InChI is InChI=1S/C18H28N4O2/c1-2-24-15-9-18(10-15)5-7-21(12-18)16-8-17(20-13-19-16)22-6-3-4-14(22)11-23/h8,13-15,23H,2-7,9-12H2,1H3. The normalized spacial score (nSPS) is 32.6. The van der Waals surface area contributed by atoms with Crippen molar-refractivity contribution in [3.63, 3.8) is 0 Å². The number of aliphatic hydroxyl groups excluding tert-OH is 1. The number of anilines is 2. The molecule has 1 saturated carbocycles. The fourth-order valence-corrected chi connectivity index (χ4v) is 4.72. The zero-order valence-corrected chi connectivity index (χ0v) is 14.5. The first-order valence-electron chi connectivity index (χ1n) is 9.29. The first kappa shape index (κ1) is 16.1. The van der Waals surface area contributed by atoms with Gasteiger partial charge < -0.3 is 19.6 Å². The highest BCUT2D eigenvalue weighted by molar-refractivity contribution is 5.52. The van der Waals surface area contributed by atoms with Crippen molar-refractivity contribution < 1.29 is 9.84 Å². The van der Waals surface area contributed by atoms with Gasteiger partial charge in [-0.1, -0.05) is 0 Å². The van der Waals surface area contributed by atoms with Crippen molar-refractivity contribution in [3.8, 4) is 0 Å². The van der Waals surface area contributed by atoms with Crippen molar-refractivity contribution in [3.05, 3.63) is 12.4 Å². The first-order valence-corrected chi connectivity index (χ1v) is 9.29. The number of ether oxygens (including phenoxy) is 1. The van der Waals surface area contributed by atoms with Gasteiger partial charge in [0.2, 0.25) is 0 Å². The number of hydrogen-bond acceptors (Lipinski definition) is 6. The summed E-state index contributed by atoms with van der Waals surface area (Å²) < 4.78 is 5.74. The molecule has 1 aromatic rings. The van der Waals surface area contributed by atoms with Crippen LogP contribution in [-0.4, -0.2) is 60.1 Å². The van der Waals surface area contributed by atoms with Crippen molar-refractivity contribution in [2.75, 3.05) is 42.6 Å². The second kappa shape index (κ2) is 6.48. The molecule has 1 N–H and O–H groups in total. The highest BCUT2D eigenvalue weighted by atomic mass is 16.5. The zero-order chi connectivity index (χ0) is 16.6. The lowest BCUT2D eigenvalue weighted by atomic mass is 9.66. The Labute approximate surface area is 143 Å². The van der Waals surface area contributed by atoms with Crippen LogP contribution in [0.25, 0.3) is 0 Å². The fraction of sp³-hybridized carbons (Fsp3) is 0.778. The third-order valence-electron chi connectivity index (χ3n) is 6.01. The Bertz CT molecular complexity index is 576. The maximum absolute atomic E-state index is 9.55. The van der Waals surface area contributed by atoms with Crippen LogP contribution < -0.4 is 9.80 Å². The van der Waals surface area contributed by atoms with Gasteiger partial charge in [0.25, 0.3) is 0 Å². The lowest BCUT2D eigenvalue weighted by Gasteiger charge is -2.44. The van der Waals surface area contributed by atoms with Crippen LogP contribution in [0.2, 0.25) is 0 Å². The van der Waals surface area contributed by atoms with Gasteiger partial charge in [-0.3, -0.25) is 0 Å². The Morgan fingerprint density at radius 3 is 2.92 bits per heavy atom. The number of hydrogen-bond donors (Lipinski definition) is 1. The molecule has 3 aliphatic rings. The molecule has 0 aromatic carbocycles. The Kier molecular flexibility index (Phi) is 4.35. The van der Waals surface area contributed by atoms with E-state index < -0.39 is 0 Å². The number of rotatable bonds is 5. The topological polar surface area (TPSA) is 61.7 Å². The molecule has 6 nitrogen and oxygen atoms in total. The fourth-order valence-electron chi connectivity index (χ4n) is 4.72. The van der Waals surface area contributed by atoms with E-state index in [4.69, 9.17) is 4.74 Å². The summed E-state index contributed by atoms with van der Waals surface area (Å²) in [6.07, 6.45) is 7.91. The van der Waals surface area contributed by atoms with E-state index in [0.29, 0.717) is 11.5 Å². The van der Waals surface area contributed by atoms with Crippen molar-refractivity contribution in [2.24, 2.45) is 5.41 Å². The molecule has 1 atom stereocenters. The Morgan fingerprint density at radius 1 is 1.29 bits per heavy atom. The first-order chi connectivity index (χ1) is 11.7. The summed E-state index contributed by atoms with van der Waals surface area (Å²) in [4.78, 5) is 13.6. The van der Waals surface area contributed by atoms with E-state index in [0.717, 1.165) is 50.7 Å². The quantitative estimate of drug-likeness (QED) is 0.888. The molecule has 2 aliphatic heterocycles. The summed E-state index contributed by atoms with van der Waals surface area (Å²) in [6, 6.07) is 2.31. The summed E-state index contributed by atoms with van der Waals surface area (Å²) in [5.74, 6) is 1.98. The van der Waals surface area contributed by atoms with Crippen LogP contribution in [0.1, 0.15) is 39.0 Å². The highest BCUT2D eigenvalue weighted by Crippen LogP contribution is 2.50. The minimum atomic E-state index is 0.199. The van der Waals surface area contributed by atoms with Gasteiger partial charge in [-0.15, -0.1) is 0 Å². The molecule has 0 amide bonds. The van der Waals surface area contributed by atoms with Crippen LogP contribution in [0, 0.1) is 5.41 Å². The van der Waals surface area contributed by atoms with E-state index in [-0.39, 0.29) is 12.6 Å². The number of aliphatic hydroxyl groups is 1. The summed E-state index contributed by atoms with van der Waals surface area (Å²) in [5.41, 5.74) is 0.437. The van der Waals surface area contributed by atoms with Crippen LogP contribution in [0.15, 0.2) is 12.4 Å². The van der Waals surface area contributed by atoms with Gasteiger partial charge in [-0.2, -0.15) is 0 Å². The molecule has 4 rings (SSSR count). The van der Waals surface area contributed by atoms with Crippen molar-refractivity contribution >= 4 is 11.6 Å². The summed E-state index contributed by atoms with van der Waals surface area (Å²) in [5, 5.41) is 9.55. The van der Waals surface area contributed by atoms with E-state index in [2.05, 4.69) is 32.8 Å². The predicted molar refractivity (Wildman–Crippen MR) is 93.4 cm³/mol. The highest BCUT2D eigenvalue weighted by Gasteiger charge is 2.49. The third-order valence-corrected chi connectivity index (χ3v) is 6.01. The second-order valence-electron chi connectivity index (χ2n) is 7.56. The van der Waals surface area contributed by atoms with Crippen molar-refractivity contribution in [1.82, 2.24) is 9.97 Å². The minimum absolute atomic E-state index is 0.199. The SMILES string of the molecule is CCOC1CC2(CCN(c3cc(N4CCCC4CO)ncn3)C2)C1. The molecule has 3 fully saturated rings. The van der Waals surface area contributed by atoms with E-state index in [1.165, 1.54) is 19.3 Å². The molecule has 0 bridgehead atoms. The van der Waals surface area contributed by atoms with Gasteiger partial charge in [0, 0.05) is 32.3 Å². The monoisotopic (exact) mass is 332 g/mol. The molecule has 2 saturated heterocycles. The summed E-state index contributed by atoms with van der Waals surface area (Å²) >= 11 is 0. The maximum Gasteiger partial charge on any atom is 0.134 e. The molecule has 1 aliphatic carbocycles. The Hall–Kier alpha value is -1.40. The van der Waals surface area contributed by atoms with Gasteiger partial charge in [0.15, 0.2) is 0 Å². The Balaban J connectivity index is 1.43. The van der Waals surface area contributed by atoms with Gasteiger partial charge >= 0.3 is 0 Å². The van der Waals surface area contributed by atoms with Crippen molar-refractivity contribution in [2.45, 2.75) is 51.2 Å². The lowest BCUT2D eigenvalue weighted by molar-refractivity contribution is -0.0669. The molecular weight excluding hydrogens is 304 g/mol. The van der Waals surface area contributed by atoms with Gasteiger partial charge in [0.05, 0.1) is 18.8 Å². The molecule has 24 heavy (non-hydrogen) atoms. The van der Waals surface area contributed by atoms with Crippen molar-refractivity contribution in [1.29, 1.82) is 0 Å². The van der Waals surface area contributed by atoms with Crippen LogP contribution in [-0.2, 0) is 4.74 Å². The van der Waals surface area contributed by atoms with Gasteiger partial charge in [-0.25, -0.2) is 9.97 Å². The third kappa shape index (κ3) is 2.86. The second-order valence-corrected chi connectivity index (χ2v) is 7.56. The van der Waals surface area contributed by atoms with Crippen LogP contribution >= 0.6 is 0 Å². The zero-order valence-electron chi connectivity index (χ0n) is 14.5. The largest absolute Gasteiger partial charge is 0.394 e. The molecule has 3 heterocycles. The molecule has 1 unspecified atom stereocenters. The molecule has 132 valence electrons. The number of nitrogens with zero attached hydrogens (tertiary/aromatic N) is 4. The average Bonchev–Trinajstić information content (AvgIpc) is 3.22. The summed E-state index contributed by atoms with van der Waals surface area (Å²) in [6.45, 7) is 6.22. The van der Waals surface area contributed by atoms with Crippen LogP contribution in [0.3, 0.4) is 0 Å². The molecule has 6 heteroatoms. The van der Waals surface area contributed by atoms with E-state index >= 15 is 0 Å². The summed E-state index contributed by atoms with van der Waals surface area (Å²) in [7, 11) is 0. The average molecular weight is 332 g/mol. The lowest BCUT2D eigenvalue weighted by Crippen LogP contribution is -2.44. The van der Waals surface area contributed by atoms with Crippen LogP contribution in [0.5, 0.6) is 0 Å². The van der Waals surface area contributed by atoms with Gasteiger partial charge in [-0.05, 0) is 44.4 Å². The Morgan fingerprint density at radius 2 is 2.12 bits per heavy atom. The number of aromatic nitrogens is 2. The molecular formula is C18H28N4O2. The van der Waals surface area contributed by atoms with Crippen LogP contribution in [0.4, 0.5) is 11.6 Å². The van der Waals surface area contributed by atoms with E-state index in [1.807, 2.05) is 0 Å².